The molecule has 10 heteroatoms. The molecule has 0 spiro atoms. The van der Waals surface area contributed by atoms with Crippen LogP contribution in [0.4, 0.5) is 5.82 Å². The maximum absolute atomic E-state index is 13.6. The largest absolute Gasteiger partial charge is 0.395 e. The van der Waals surface area contributed by atoms with Crippen LogP contribution < -0.4 is 10.5 Å². The second-order valence-electron chi connectivity index (χ2n) is 10.7. The average molecular weight is 586 g/mol. The number of piperazine rings is 1. The summed E-state index contributed by atoms with van der Waals surface area (Å²) in [5.74, 6) is 0.474. The number of β-amino-alcohol motifs (C(OH)–C–C–N with tert-alkyl or cyclic N) is 1. The Labute approximate surface area is 247 Å². The summed E-state index contributed by atoms with van der Waals surface area (Å²) in [7, 11) is 0. The van der Waals surface area contributed by atoms with E-state index in [1.165, 1.54) is 67.5 Å². The van der Waals surface area contributed by atoms with E-state index in [9.17, 15) is 14.7 Å². The number of anilines is 1. The first-order valence-corrected chi connectivity index (χ1v) is 16.1. The van der Waals surface area contributed by atoms with E-state index >= 15 is 0 Å². The molecule has 0 unspecified atom stereocenters. The minimum Gasteiger partial charge on any atom is -0.395 e. The van der Waals surface area contributed by atoms with Gasteiger partial charge in [0.1, 0.15) is 15.8 Å². The third-order valence-electron chi connectivity index (χ3n) is 7.72. The van der Waals surface area contributed by atoms with Gasteiger partial charge in [0.2, 0.25) is 0 Å². The number of fused-ring (bicyclic) bond motifs is 1. The molecule has 2 fully saturated rings. The standard InChI is InChI=1S/C30H43N5O3S2/c1-2-3-4-5-6-7-8-9-10-12-16-35-29(38)25(40-30(35)39)23-24-27(33-19-17-32(18-20-33)21-22-36)31-26-14-11-13-15-34(26)28(24)37/h11,13-15,23,36H,2-10,12,16-22H2,1H3/b25-23+. The van der Waals surface area contributed by atoms with Crippen molar-refractivity contribution >= 4 is 51.7 Å². The Bertz CT molecular complexity index is 1240. The Morgan fingerprint density at radius 2 is 1.62 bits per heavy atom. The predicted molar refractivity (Wildman–Crippen MR) is 169 cm³/mol. The van der Waals surface area contributed by atoms with Gasteiger partial charge >= 0.3 is 0 Å². The number of thioether (sulfide) groups is 1. The lowest BCUT2D eigenvalue weighted by Crippen LogP contribution is -2.48. The Morgan fingerprint density at radius 3 is 2.30 bits per heavy atom. The van der Waals surface area contributed by atoms with E-state index in [-0.39, 0.29) is 18.1 Å². The van der Waals surface area contributed by atoms with Gasteiger partial charge in [-0.1, -0.05) is 94.8 Å². The summed E-state index contributed by atoms with van der Waals surface area (Å²) in [4.78, 5) is 38.3. The molecule has 4 heterocycles. The molecule has 2 aromatic heterocycles. The van der Waals surface area contributed by atoms with Gasteiger partial charge < -0.3 is 10.0 Å². The molecule has 0 bridgehead atoms. The summed E-state index contributed by atoms with van der Waals surface area (Å²) in [6, 6.07) is 5.49. The van der Waals surface area contributed by atoms with Crippen molar-refractivity contribution in [2.24, 2.45) is 0 Å². The highest BCUT2D eigenvalue weighted by molar-refractivity contribution is 8.26. The van der Waals surface area contributed by atoms with Crippen LogP contribution in [0.2, 0.25) is 0 Å². The van der Waals surface area contributed by atoms with E-state index in [0.29, 0.717) is 52.4 Å². The molecule has 2 saturated heterocycles. The van der Waals surface area contributed by atoms with Crippen molar-refractivity contribution in [1.82, 2.24) is 19.2 Å². The molecule has 0 radical (unpaired) electrons. The molecule has 0 aliphatic carbocycles. The fourth-order valence-electron chi connectivity index (χ4n) is 5.36. The van der Waals surface area contributed by atoms with Crippen molar-refractivity contribution in [3.8, 4) is 0 Å². The highest BCUT2D eigenvalue weighted by atomic mass is 32.2. The van der Waals surface area contributed by atoms with Crippen LogP contribution >= 0.6 is 24.0 Å². The van der Waals surface area contributed by atoms with Crippen LogP contribution in [0.25, 0.3) is 11.7 Å². The van der Waals surface area contributed by atoms with Crippen LogP contribution in [0.3, 0.4) is 0 Å². The van der Waals surface area contributed by atoms with Gasteiger partial charge in [0.05, 0.1) is 17.1 Å². The zero-order valence-corrected chi connectivity index (χ0v) is 25.4. The number of unbranched alkanes of at least 4 members (excludes halogenated alkanes) is 9. The fourth-order valence-corrected chi connectivity index (χ4v) is 6.65. The van der Waals surface area contributed by atoms with E-state index in [1.54, 1.807) is 23.2 Å². The second-order valence-corrected chi connectivity index (χ2v) is 12.3. The Kier molecular flexibility index (Phi) is 12.0. The van der Waals surface area contributed by atoms with Gasteiger partial charge in [-0.05, 0) is 24.6 Å². The number of pyridine rings is 1. The minimum absolute atomic E-state index is 0.123. The maximum atomic E-state index is 13.6. The molecule has 0 saturated carbocycles. The number of rotatable bonds is 15. The summed E-state index contributed by atoms with van der Waals surface area (Å²) in [5.41, 5.74) is 0.794. The number of aliphatic hydroxyl groups excluding tert-OH is 1. The number of aliphatic hydroxyl groups is 1. The first-order valence-electron chi connectivity index (χ1n) is 14.9. The number of aromatic nitrogens is 2. The average Bonchev–Trinajstić information content (AvgIpc) is 3.23. The molecule has 2 aliphatic rings. The molecule has 218 valence electrons. The number of thiocarbonyl (C=S) groups is 1. The quantitative estimate of drug-likeness (QED) is 0.179. The lowest BCUT2D eigenvalue weighted by Gasteiger charge is -2.35. The van der Waals surface area contributed by atoms with Gasteiger partial charge in [0.15, 0.2) is 0 Å². The molecular weight excluding hydrogens is 542 g/mol. The summed E-state index contributed by atoms with van der Waals surface area (Å²) in [6.45, 7) is 6.56. The maximum Gasteiger partial charge on any atom is 0.267 e. The zero-order chi connectivity index (χ0) is 28.3. The lowest BCUT2D eigenvalue weighted by atomic mass is 10.1. The number of carbonyl (C=O) groups excluding carboxylic acids is 1. The number of amides is 1. The number of nitrogens with zero attached hydrogens (tertiary/aromatic N) is 5. The Morgan fingerprint density at radius 1 is 0.950 bits per heavy atom. The molecule has 1 N–H and O–H groups in total. The van der Waals surface area contributed by atoms with Crippen molar-refractivity contribution in [3.05, 3.63) is 45.2 Å². The van der Waals surface area contributed by atoms with Crippen LogP contribution in [-0.2, 0) is 4.79 Å². The van der Waals surface area contributed by atoms with E-state index < -0.39 is 0 Å². The first-order chi connectivity index (χ1) is 19.5. The monoisotopic (exact) mass is 585 g/mol. The van der Waals surface area contributed by atoms with Gasteiger partial charge in [-0.2, -0.15) is 0 Å². The summed E-state index contributed by atoms with van der Waals surface area (Å²) in [6.07, 6.45) is 15.8. The third kappa shape index (κ3) is 7.93. The molecule has 0 aromatic carbocycles. The van der Waals surface area contributed by atoms with Crippen molar-refractivity contribution < 1.29 is 9.90 Å². The van der Waals surface area contributed by atoms with Gasteiger partial charge in [-0.3, -0.25) is 23.8 Å². The highest BCUT2D eigenvalue weighted by Gasteiger charge is 2.33. The number of carbonyl (C=O) groups is 1. The van der Waals surface area contributed by atoms with Crippen LogP contribution in [0, 0.1) is 0 Å². The van der Waals surface area contributed by atoms with E-state index in [4.69, 9.17) is 17.2 Å². The summed E-state index contributed by atoms with van der Waals surface area (Å²) < 4.78 is 2.09. The van der Waals surface area contributed by atoms with Gasteiger partial charge in [-0.25, -0.2) is 4.98 Å². The van der Waals surface area contributed by atoms with E-state index in [0.717, 1.165) is 25.9 Å². The molecule has 2 aromatic rings. The SMILES string of the molecule is CCCCCCCCCCCCN1C(=O)/C(=C\c2c(N3CCN(CCO)CC3)nc3ccccn3c2=O)SC1=S. The number of hydrogen-bond acceptors (Lipinski definition) is 8. The normalized spacial score (nSPS) is 17.6. The van der Waals surface area contributed by atoms with Crippen molar-refractivity contribution in [3.63, 3.8) is 0 Å². The minimum atomic E-state index is -0.196. The molecular formula is C30H43N5O3S2. The van der Waals surface area contributed by atoms with Crippen molar-refractivity contribution in [2.45, 2.75) is 71.1 Å². The van der Waals surface area contributed by atoms with Crippen molar-refractivity contribution in [2.75, 3.05) is 50.8 Å². The molecule has 4 rings (SSSR count). The van der Waals surface area contributed by atoms with Crippen molar-refractivity contribution in [1.29, 1.82) is 0 Å². The molecule has 2 aliphatic heterocycles. The van der Waals surface area contributed by atoms with Gasteiger partial charge in [-0.15, -0.1) is 0 Å². The Hall–Kier alpha value is -2.27. The fraction of sp³-hybridized carbons (Fsp3) is 0.600. The van der Waals surface area contributed by atoms with Crippen LogP contribution in [0.15, 0.2) is 34.1 Å². The molecule has 1 amide bonds. The lowest BCUT2D eigenvalue weighted by molar-refractivity contribution is -0.122. The molecule has 0 atom stereocenters. The van der Waals surface area contributed by atoms with Crippen LogP contribution in [0.1, 0.15) is 76.7 Å². The number of hydrogen-bond donors (Lipinski definition) is 1. The smallest absolute Gasteiger partial charge is 0.267 e. The zero-order valence-electron chi connectivity index (χ0n) is 23.7. The highest BCUT2D eigenvalue weighted by Crippen LogP contribution is 2.34. The Balaban J connectivity index is 1.42. The predicted octanol–water partition coefficient (Wildman–Crippen LogP) is 4.93. The second kappa shape index (κ2) is 15.7. The van der Waals surface area contributed by atoms with Crippen LogP contribution in [-0.4, -0.2) is 80.4 Å². The summed E-state index contributed by atoms with van der Waals surface area (Å²) in [5, 5.41) is 9.29. The van der Waals surface area contributed by atoms with Crippen LogP contribution in [0.5, 0.6) is 0 Å². The molecule has 8 nitrogen and oxygen atoms in total. The first kappa shape index (κ1) is 30.7. The topological polar surface area (TPSA) is 81.4 Å². The summed E-state index contributed by atoms with van der Waals surface area (Å²) >= 11 is 6.85. The van der Waals surface area contributed by atoms with E-state index in [2.05, 4.69) is 16.7 Å². The molecule has 40 heavy (non-hydrogen) atoms. The van der Waals surface area contributed by atoms with E-state index in [1.807, 2.05) is 12.1 Å². The van der Waals surface area contributed by atoms with Gasteiger partial charge in [0, 0.05) is 45.5 Å². The van der Waals surface area contributed by atoms with Gasteiger partial charge in [0.25, 0.3) is 11.5 Å². The third-order valence-corrected chi connectivity index (χ3v) is 9.10.